The van der Waals surface area contributed by atoms with E-state index >= 15 is 0 Å². The predicted octanol–water partition coefficient (Wildman–Crippen LogP) is 1.65. The first-order valence-corrected chi connectivity index (χ1v) is 9.36. The van der Waals surface area contributed by atoms with Crippen LogP contribution >= 0.6 is 0 Å². The number of rotatable bonds is 7. The van der Waals surface area contributed by atoms with Crippen LogP contribution in [0.25, 0.3) is 0 Å². The number of anilines is 1. The molecular formula is C18H20N4O3S. The number of nitrogens with one attached hydrogen (secondary N) is 2. The molecular weight excluding hydrogens is 352 g/mol. The number of nitriles is 1. The van der Waals surface area contributed by atoms with Crippen LogP contribution in [0.3, 0.4) is 0 Å². The zero-order valence-electron chi connectivity index (χ0n) is 14.6. The molecule has 0 saturated carbocycles. The Morgan fingerprint density at radius 3 is 2.46 bits per heavy atom. The van der Waals surface area contributed by atoms with Gasteiger partial charge in [0.1, 0.15) is 0 Å². The second-order valence-corrected chi connectivity index (χ2v) is 7.56. The van der Waals surface area contributed by atoms with Crippen LogP contribution in [0, 0.1) is 11.3 Å². The van der Waals surface area contributed by atoms with Gasteiger partial charge in [-0.3, -0.25) is 9.52 Å². The lowest BCUT2D eigenvalue weighted by atomic mass is 10.2. The van der Waals surface area contributed by atoms with Crippen LogP contribution in [0.5, 0.6) is 0 Å². The second kappa shape index (κ2) is 8.47. The number of benzene rings is 2. The van der Waals surface area contributed by atoms with Gasteiger partial charge in [0.05, 0.1) is 22.2 Å². The zero-order valence-corrected chi connectivity index (χ0v) is 15.4. The highest BCUT2D eigenvalue weighted by Gasteiger charge is 2.15. The fourth-order valence-corrected chi connectivity index (χ4v) is 3.20. The van der Waals surface area contributed by atoms with Crippen molar-refractivity contribution in [2.24, 2.45) is 0 Å². The van der Waals surface area contributed by atoms with E-state index in [9.17, 15) is 13.2 Å². The molecule has 7 nitrogen and oxygen atoms in total. The van der Waals surface area contributed by atoms with E-state index in [1.807, 2.05) is 25.1 Å². The summed E-state index contributed by atoms with van der Waals surface area (Å²) >= 11 is 0. The Labute approximate surface area is 153 Å². The summed E-state index contributed by atoms with van der Waals surface area (Å²) in [6.45, 7) is 1.21. The first kappa shape index (κ1) is 19.4. The van der Waals surface area contributed by atoms with Crippen LogP contribution in [0.15, 0.2) is 53.4 Å². The fourth-order valence-electron chi connectivity index (χ4n) is 2.15. The molecule has 0 aliphatic carbocycles. The van der Waals surface area contributed by atoms with E-state index in [1.165, 1.54) is 30.3 Å². The number of amides is 1. The summed E-state index contributed by atoms with van der Waals surface area (Å²) in [5.74, 6) is -0.259. The molecule has 0 spiro atoms. The average molecular weight is 372 g/mol. The lowest BCUT2D eigenvalue weighted by Gasteiger charge is -2.11. The van der Waals surface area contributed by atoms with Crippen molar-refractivity contribution < 1.29 is 13.2 Å². The van der Waals surface area contributed by atoms with Crippen molar-refractivity contribution in [1.82, 2.24) is 10.2 Å². The minimum atomic E-state index is -3.81. The number of hydrogen-bond acceptors (Lipinski definition) is 5. The van der Waals surface area contributed by atoms with Crippen molar-refractivity contribution in [3.63, 3.8) is 0 Å². The van der Waals surface area contributed by atoms with E-state index in [4.69, 9.17) is 5.26 Å². The first-order valence-electron chi connectivity index (χ1n) is 7.88. The Morgan fingerprint density at radius 2 is 1.85 bits per heavy atom. The summed E-state index contributed by atoms with van der Waals surface area (Å²) in [6.07, 6.45) is 0. The van der Waals surface area contributed by atoms with Gasteiger partial charge in [-0.05, 0) is 56.6 Å². The van der Waals surface area contributed by atoms with Crippen LogP contribution in [0.1, 0.15) is 15.9 Å². The van der Waals surface area contributed by atoms with E-state index in [2.05, 4.69) is 10.0 Å². The Hall–Kier alpha value is -2.89. The van der Waals surface area contributed by atoms with Gasteiger partial charge in [0.15, 0.2) is 0 Å². The highest BCUT2D eigenvalue weighted by Crippen LogP contribution is 2.17. The van der Waals surface area contributed by atoms with E-state index in [0.717, 1.165) is 0 Å². The van der Waals surface area contributed by atoms with E-state index in [0.29, 0.717) is 29.9 Å². The molecule has 0 unspecified atom stereocenters. The molecule has 0 aliphatic rings. The average Bonchev–Trinajstić information content (AvgIpc) is 2.61. The van der Waals surface area contributed by atoms with Gasteiger partial charge in [-0.15, -0.1) is 0 Å². The molecule has 2 rings (SSSR count). The van der Waals surface area contributed by atoms with E-state index in [1.54, 1.807) is 18.2 Å². The Morgan fingerprint density at radius 1 is 1.15 bits per heavy atom. The summed E-state index contributed by atoms with van der Waals surface area (Å²) < 4.78 is 27.3. The van der Waals surface area contributed by atoms with E-state index in [-0.39, 0.29) is 10.8 Å². The monoisotopic (exact) mass is 372 g/mol. The van der Waals surface area contributed by atoms with Gasteiger partial charge >= 0.3 is 0 Å². The van der Waals surface area contributed by atoms with Crippen molar-refractivity contribution in [3.8, 4) is 6.07 Å². The summed E-state index contributed by atoms with van der Waals surface area (Å²) in [6, 6.07) is 13.8. The normalized spacial score (nSPS) is 11.0. The molecule has 2 aromatic rings. The minimum absolute atomic E-state index is 0.0321. The number of carbonyl (C=O) groups is 1. The quantitative estimate of drug-likeness (QED) is 0.769. The molecule has 1 amide bonds. The standard InChI is InChI=1S/C18H20N4O3S/c1-22(2)11-10-20-18(23)15-6-8-17(9-7-15)26(24,25)21-16-5-3-4-14(12-16)13-19/h3-9,12,21H,10-11H2,1-2H3,(H,20,23). The topological polar surface area (TPSA) is 102 Å². The van der Waals surface area contributed by atoms with Gasteiger partial charge in [0.25, 0.3) is 15.9 Å². The van der Waals surface area contributed by atoms with Crippen LogP contribution in [-0.4, -0.2) is 46.4 Å². The molecule has 0 radical (unpaired) electrons. The predicted molar refractivity (Wildman–Crippen MR) is 99.3 cm³/mol. The first-order chi connectivity index (χ1) is 12.3. The SMILES string of the molecule is CN(C)CCNC(=O)c1ccc(S(=O)(=O)Nc2cccc(C#N)c2)cc1. The van der Waals surface area contributed by atoms with Gasteiger partial charge in [-0.25, -0.2) is 8.42 Å². The summed E-state index contributed by atoms with van der Waals surface area (Å²) in [4.78, 5) is 14.0. The lowest BCUT2D eigenvalue weighted by Crippen LogP contribution is -2.31. The molecule has 136 valence electrons. The van der Waals surface area contributed by atoms with Crippen molar-refractivity contribution >= 4 is 21.6 Å². The van der Waals surface area contributed by atoms with Gasteiger partial charge in [0, 0.05) is 18.7 Å². The minimum Gasteiger partial charge on any atom is -0.351 e. The van der Waals surface area contributed by atoms with Crippen molar-refractivity contribution in [2.75, 3.05) is 31.9 Å². The van der Waals surface area contributed by atoms with Crippen molar-refractivity contribution in [3.05, 3.63) is 59.7 Å². The largest absolute Gasteiger partial charge is 0.351 e. The van der Waals surface area contributed by atoms with E-state index < -0.39 is 10.0 Å². The molecule has 0 aliphatic heterocycles. The Bertz CT molecular complexity index is 916. The molecule has 2 aromatic carbocycles. The number of nitrogens with zero attached hydrogens (tertiary/aromatic N) is 2. The highest BCUT2D eigenvalue weighted by atomic mass is 32.2. The molecule has 0 aromatic heterocycles. The van der Waals surface area contributed by atoms with Gasteiger partial charge in [-0.2, -0.15) is 5.26 Å². The molecule has 2 N–H and O–H groups in total. The maximum absolute atomic E-state index is 12.4. The second-order valence-electron chi connectivity index (χ2n) is 5.88. The van der Waals surface area contributed by atoms with Crippen molar-refractivity contribution in [2.45, 2.75) is 4.90 Å². The smallest absolute Gasteiger partial charge is 0.261 e. The van der Waals surface area contributed by atoms with Crippen molar-refractivity contribution in [1.29, 1.82) is 5.26 Å². The molecule has 0 heterocycles. The molecule has 0 saturated heterocycles. The number of likely N-dealkylation sites (N-methyl/N-ethyl adjacent to an activating group) is 1. The van der Waals surface area contributed by atoms with Crippen LogP contribution < -0.4 is 10.0 Å². The van der Waals surface area contributed by atoms with Gasteiger partial charge in [0.2, 0.25) is 0 Å². The zero-order chi connectivity index (χ0) is 19.2. The molecule has 0 fully saturated rings. The summed E-state index contributed by atoms with van der Waals surface area (Å²) in [5, 5.41) is 11.6. The number of sulfonamides is 1. The third-order valence-electron chi connectivity index (χ3n) is 3.52. The number of carbonyl (C=O) groups excluding carboxylic acids is 1. The highest BCUT2D eigenvalue weighted by molar-refractivity contribution is 7.92. The lowest BCUT2D eigenvalue weighted by molar-refractivity contribution is 0.0951. The molecule has 8 heteroatoms. The van der Waals surface area contributed by atoms with Crippen LogP contribution in [0.2, 0.25) is 0 Å². The van der Waals surface area contributed by atoms with Crippen LogP contribution in [0.4, 0.5) is 5.69 Å². The molecule has 0 bridgehead atoms. The van der Waals surface area contributed by atoms with Gasteiger partial charge in [-0.1, -0.05) is 6.07 Å². The maximum atomic E-state index is 12.4. The Balaban J connectivity index is 2.08. The third kappa shape index (κ3) is 5.31. The maximum Gasteiger partial charge on any atom is 0.261 e. The molecule has 26 heavy (non-hydrogen) atoms. The van der Waals surface area contributed by atoms with Gasteiger partial charge < -0.3 is 10.2 Å². The summed E-state index contributed by atoms with van der Waals surface area (Å²) in [7, 11) is 0.00897. The summed E-state index contributed by atoms with van der Waals surface area (Å²) in [5.41, 5.74) is 1.04. The number of hydrogen-bond donors (Lipinski definition) is 2. The molecule has 0 atom stereocenters. The Kier molecular flexibility index (Phi) is 6.33. The van der Waals surface area contributed by atoms with Crippen LogP contribution in [-0.2, 0) is 10.0 Å². The fraction of sp³-hybridized carbons (Fsp3) is 0.222. The third-order valence-corrected chi connectivity index (χ3v) is 4.91.